The van der Waals surface area contributed by atoms with Crippen LogP contribution in [0.4, 0.5) is 0 Å². The number of aliphatic hydroxyl groups is 1. The molecule has 2 aromatic rings. The van der Waals surface area contributed by atoms with E-state index in [1.807, 2.05) is 6.07 Å². The molecule has 2 atom stereocenters. The van der Waals surface area contributed by atoms with E-state index in [-0.39, 0.29) is 43.4 Å². The number of aliphatic hydroxyl groups excluding tert-OH is 1. The smallest absolute Gasteiger partial charge is 0.234 e. The van der Waals surface area contributed by atoms with Crippen LogP contribution >= 0.6 is 24.8 Å². The third kappa shape index (κ3) is 8.21. The molecule has 1 saturated heterocycles. The molecule has 1 saturated carbocycles. The van der Waals surface area contributed by atoms with E-state index in [1.165, 1.54) is 19.3 Å². The van der Waals surface area contributed by atoms with Crippen molar-refractivity contribution < 1.29 is 14.6 Å². The third-order valence-electron chi connectivity index (χ3n) is 7.01. The standard InChI is InChI=1S/C27H39N3O3.2ClH/c1-3-4-10-25-24(20-11-13-23(14-12-20)32-22-8-6-5-7-9-22)17-27(29-28-25)33-26-15-16-30(2)18-21(26)19-31;;/h11-14,17,21-22,26,31H,3-10,15-16,18-19H2,1-2H3;2*1H. The van der Waals surface area contributed by atoms with Crippen molar-refractivity contribution in [2.24, 2.45) is 5.92 Å². The zero-order valence-electron chi connectivity index (χ0n) is 21.0. The summed E-state index contributed by atoms with van der Waals surface area (Å²) in [5.41, 5.74) is 3.19. The number of rotatable bonds is 9. The predicted molar refractivity (Wildman–Crippen MR) is 145 cm³/mol. The highest BCUT2D eigenvalue weighted by atomic mass is 35.5. The fraction of sp³-hybridized carbons (Fsp3) is 0.630. The molecule has 196 valence electrons. The molecule has 0 bridgehead atoms. The Morgan fingerprint density at radius 2 is 1.74 bits per heavy atom. The Labute approximate surface area is 222 Å². The first kappa shape index (κ1) is 29.6. The summed E-state index contributed by atoms with van der Waals surface area (Å²) in [4.78, 5) is 2.24. The molecule has 2 fully saturated rings. The average molecular weight is 527 g/mol. The summed E-state index contributed by atoms with van der Waals surface area (Å²) >= 11 is 0. The zero-order chi connectivity index (χ0) is 23.0. The van der Waals surface area contributed by atoms with E-state index in [0.29, 0.717) is 12.0 Å². The minimum atomic E-state index is -0.0406. The Balaban J connectivity index is 0.00000216. The fourth-order valence-electron chi connectivity index (χ4n) is 5.00. The maximum atomic E-state index is 9.82. The van der Waals surface area contributed by atoms with Gasteiger partial charge in [-0.2, -0.15) is 5.10 Å². The molecule has 8 heteroatoms. The Hall–Kier alpha value is -1.60. The SMILES string of the molecule is CCCCc1nnc(OC2CCN(C)CC2CO)cc1-c1ccc(OC2CCCCC2)cc1.Cl.Cl. The second-order valence-electron chi connectivity index (χ2n) is 9.70. The minimum absolute atomic E-state index is 0. The second kappa shape index (κ2) is 14.8. The van der Waals surface area contributed by atoms with E-state index >= 15 is 0 Å². The van der Waals surface area contributed by atoms with Crippen molar-refractivity contribution in [1.82, 2.24) is 15.1 Å². The van der Waals surface area contributed by atoms with Gasteiger partial charge in [0.25, 0.3) is 0 Å². The molecular formula is C27H41Cl2N3O3. The van der Waals surface area contributed by atoms with Gasteiger partial charge in [0.15, 0.2) is 0 Å². The highest BCUT2D eigenvalue weighted by Crippen LogP contribution is 2.31. The Bertz CT molecular complexity index is 878. The van der Waals surface area contributed by atoms with Gasteiger partial charge in [0.1, 0.15) is 11.9 Å². The van der Waals surface area contributed by atoms with Crippen molar-refractivity contribution in [3.8, 4) is 22.8 Å². The van der Waals surface area contributed by atoms with Gasteiger partial charge in [-0.05, 0) is 69.7 Å². The molecule has 0 spiro atoms. The van der Waals surface area contributed by atoms with Crippen molar-refractivity contribution in [3.05, 3.63) is 36.0 Å². The molecule has 2 aliphatic rings. The highest BCUT2D eigenvalue weighted by molar-refractivity contribution is 5.85. The van der Waals surface area contributed by atoms with Gasteiger partial charge in [0.05, 0.1) is 18.4 Å². The first-order valence-corrected chi connectivity index (χ1v) is 12.8. The Morgan fingerprint density at radius 1 is 1.00 bits per heavy atom. The molecule has 1 N–H and O–H groups in total. The van der Waals surface area contributed by atoms with E-state index in [0.717, 1.165) is 74.2 Å². The lowest BCUT2D eigenvalue weighted by molar-refractivity contribution is 0.0209. The van der Waals surface area contributed by atoms with Gasteiger partial charge in [-0.3, -0.25) is 0 Å². The van der Waals surface area contributed by atoms with E-state index in [1.54, 1.807) is 0 Å². The van der Waals surface area contributed by atoms with Crippen LogP contribution in [0.3, 0.4) is 0 Å². The van der Waals surface area contributed by atoms with E-state index in [2.05, 4.69) is 53.3 Å². The van der Waals surface area contributed by atoms with Crippen molar-refractivity contribution in [2.45, 2.75) is 76.9 Å². The predicted octanol–water partition coefficient (Wildman–Crippen LogP) is 5.73. The summed E-state index contributed by atoms with van der Waals surface area (Å²) in [6, 6.07) is 10.4. The van der Waals surface area contributed by atoms with Crippen LogP contribution in [0, 0.1) is 5.92 Å². The van der Waals surface area contributed by atoms with Crippen LogP contribution < -0.4 is 9.47 Å². The van der Waals surface area contributed by atoms with Crippen LogP contribution in [-0.4, -0.2) is 59.2 Å². The summed E-state index contributed by atoms with van der Waals surface area (Å²) < 4.78 is 12.5. The molecule has 6 nitrogen and oxygen atoms in total. The van der Waals surface area contributed by atoms with Crippen LogP contribution in [0.2, 0.25) is 0 Å². The third-order valence-corrected chi connectivity index (χ3v) is 7.01. The number of unbranched alkanes of at least 4 members (excludes halogenated alkanes) is 1. The van der Waals surface area contributed by atoms with Crippen LogP contribution in [0.1, 0.15) is 64.0 Å². The molecule has 1 aliphatic carbocycles. The molecule has 1 aromatic carbocycles. The van der Waals surface area contributed by atoms with Gasteiger partial charge in [0.2, 0.25) is 5.88 Å². The number of benzene rings is 1. The van der Waals surface area contributed by atoms with Crippen molar-refractivity contribution in [3.63, 3.8) is 0 Å². The average Bonchev–Trinajstić information content (AvgIpc) is 2.85. The monoisotopic (exact) mass is 525 g/mol. The molecule has 0 radical (unpaired) electrons. The summed E-state index contributed by atoms with van der Waals surface area (Å²) in [6.45, 7) is 4.10. The summed E-state index contributed by atoms with van der Waals surface area (Å²) in [5, 5.41) is 18.8. The van der Waals surface area contributed by atoms with Gasteiger partial charge in [-0.25, -0.2) is 0 Å². The van der Waals surface area contributed by atoms with E-state index < -0.39 is 0 Å². The summed E-state index contributed by atoms with van der Waals surface area (Å²) in [5.74, 6) is 1.57. The number of nitrogens with zero attached hydrogens (tertiary/aromatic N) is 3. The lowest BCUT2D eigenvalue weighted by Gasteiger charge is -2.35. The van der Waals surface area contributed by atoms with Crippen LogP contribution in [-0.2, 0) is 6.42 Å². The number of aryl methyl sites for hydroxylation is 1. The maximum Gasteiger partial charge on any atom is 0.234 e. The molecule has 2 heterocycles. The topological polar surface area (TPSA) is 67.7 Å². The lowest BCUT2D eigenvalue weighted by Crippen LogP contribution is -2.45. The second-order valence-corrected chi connectivity index (χ2v) is 9.70. The first-order chi connectivity index (χ1) is 16.2. The number of hydrogen-bond acceptors (Lipinski definition) is 6. The number of halogens is 2. The summed E-state index contributed by atoms with van der Waals surface area (Å²) in [7, 11) is 2.08. The van der Waals surface area contributed by atoms with E-state index in [9.17, 15) is 5.11 Å². The van der Waals surface area contributed by atoms with Crippen molar-refractivity contribution >= 4 is 24.8 Å². The molecule has 1 aromatic heterocycles. The van der Waals surface area contributed by atoms with E-state index in [4.69, 9.17) is 9.47 Å². The molecule has 2 unspecified atom stereocenters. The van der Waals surface area contributed by atoms with Crippen molar-refractivity contribution in [2.75, 3.05) is 26.7 Å². The minimum Gasteiger partial charge on any atom is -0.490 e. The van der Waals surface area contributed by atoms with Gasteiger partial charge < -0.3 is 19.5 Å². The molecule has 35 heavy (non-hydrogen) atoms. The van der Waals surface area contributed by atoms with Crippen molar-refractivity contribution in [1.29, 1.82) is 0 Å². The first-order valence-electron chi connectivity index (χ1n) is 12.8. The molecule has 4 rings (SSSR count). The Morgan fingerprint density at radius 3 is 2.43 bits per heavy atom. The van der Waals surface area contributed by atoms with Gasteiger partial charge in [0, 0.05) is 30.6 Å². The lowest BCUT2D eigenvalue weighted by atomic mass is 9.95. The number of ether oxygens (including phenoxy) is 2. The fourth-order valence-corrected chi connectivity index (χ4v) is 5.00. The number of aromatic nitrogens is 2. The number of piperidine rings is 1. The normalized spacial score (nSPS) is 21.0. The largest absolute Gasteiger partial charge is 0.490 e. The maximum absolute atomic E-state index is 9.82. The van der Waals surface area contributed by atoms with Gasteiger partial charge in [-0.1, -0.05) is 31.9 Å². The number of hydrogen-bond donors (Lipinski definition) is 1. The van der Waals surface area contributed by atoms with Gasteiger partial charge in [-0.15, -0.1) is 29.9 Å². The Kier molecular flexibility index (Phi) is 12.6. The molecule has 0 amide bonds. The van der Waals surface area contributed by atoms with Crippen LogP contribution in [0.5, 0.6) is 11.6 Å². The van der Waals surface area contributed by atoms with Gasteiger partial charge >= 0.3 is 0 Å². The highest BCUT2D eigenvalue weighted by Gasteiger charge is 2.29. The number of likely N-dealkylation sites (tertiary alicyclic amines) is 1. The molecular weight excluding hydrogens is 485 g/mol. The summed E-state index contributed by atoms with van der Waals surface area (Å²) in [6.07, 6.45) is 10.4. The van der Waals surface area contributed by atoms with Crippen LogP contribution in [0.25, 0.3) is 11.1 Å². The molecule has 1 aliphatic heterocycles. The zero-order valence-corrected chi connectivity index (χ0v) is 22.7. The van der Waals surface area contributed by atoms with Crippen LogP contribution in [0.15, 0.2) is 30.3 Å². The quantitative estimate of drug-likeness (QED) is 0.450.